The summed E-state index contributed by atoms with van der Waals surface area (Å²) in [6.45, 7) is 6.32. The van der Waals surface area contributed by atoms with Crippen LogP contribution in [0.3, 0.4) is 0 Å². The van der Waals surface area contributed by atoms with Crippen LogP contribution in [0, 0.1) is 16.7 Å². The molecule has 0 aliphatic rings. The van der Waals surface area contributed by atoms with Gasteiger partial charge >= 0.3 is 0 Å². The average Bonchev–Trinajstić information content (AvgIpc) is 2.50. The van der Waals surface area contributed by atoms with Gasteiger partial charge in [-0.3, -0.25) is 0 Å². The van der Waals surface area contributed by atoms with Crippen LogP contribution in [0.4, 0.5) is 0 Å². The van der Waals surface area contributed by atoms with Crippen molar-refractivity contribution in [1.29, 1.82) is 5.26 Å². The summed E-state index contributed by atoms with van der Waals surface area (Å²) < 4.78 is 5.67. The Morgan fingerprint density at radius 3 is 2.57 bits per heavy atom. The van der Waals surface area contributed by atoms with Crippen LogP contribution in [0.2, 0.25) is 0 Å². The van der Waals surface area contributed by atoms with Crippen LogP contribution in [0.15, 0.2) is 29.4 Å². The molecule has 0 radical (unpaired) electrons. The molecule has 0 aliphatic heterocycles. The van der Waals surface area contributed by atoms with E-state index in [0.717, 1.165) is 37.1 Å². The van der Waals surface area contributed by atoms with E-state index in [4.69, 9.17) is 15.2 Å². The van der Waals surface area contributed by atoms with Gasteiger partial charge in [0, 0.05) is 0 Å². The standard InChI is InChI=1S/C17H24N2O2/c1-14(19-20)5-6-15-7-9-16(10-8-15)21-12-4-11-17(2,3)13-18/h7-10,20H,4-6,11-12H2,1-3H3. The van der Waals surface area contributed by atoms with E-state index in [0.29, 0.717) is 6.61 Å². The zero-order chi connectivity index (χ0) is 15.7. The minimum Gasteiger partial charge on any atom is -0.494 e. The molecule has 1 rings (SSSR count). The van der Waals surface area contributed by atoms with Gasteiger partial charge in [0.2, 0.25) is 0 Å². The molecule has 0 bridgehead atoms. The van der Waals surface area contributed by atoms with Crippen LogP contribution in [0.25, 0.3) is 0 Å². The Morgan fingerprint density at radius 2 is 2.00 bits per heavy atom. The summed E-state index contributed by atoms with van der Waals surface area (Å²) in [4.78, 5) is 0. The van der Waals surface area contributed by atoms with Crippen LogP contribution in [0.5, 0.6) is 5.75 Å². The fourth-order valence-electron chi connectivity index (χ4n) is 1.89. The number of nitrogens with zero attached hydrogens (tertiary/aromatic N) is 2. The molecule has 0 fully saturated rings. The van der Waals surface area contributed by atoms with Crippen molar-refractivity contribution in [2.75, 3.05) is 6.61 Å². The highest BCUT2D eigenvalue weighted by Gasteiger charge is 2.15. The predicted molar refractivity (Wildman–Crippen MR) is 83.8 cm³/mol. The van der Waals surface area contributed by atoms with Gasteiger partial charge in [0.25, 0.3) is 0 Å². The van der Waals surface area contributed by atoms with Crippen LogP contribution in [-0.4, -0.2) is 17.5 Å². The van der Waals surface area contributed by atoms with Crippen molar-refractivity contribution >= 4 is 5.71 Å². The van der Waals surface area contributed by atoms with Crippen LogP contribution in [-0.2, 0) is 6.42 Å². The largest absolute Gasteiger partial charge is 0.494 e. The molecule has 0 aliphatic carbocycles. The van der Waals surface area contributed by atoms with Crippen LogP contribution >= 0.6 is 0 Å². The SMILES string of the molecule is CC(CCc1ccc(OCCCC(C)(C)C#N)cc1)=NO. The molecule has 0 amide bonds. The summed E-state index contributed by atoms with van der Waals surface area (Å²) in [5.74, 6) is 0.848. The molecular weight excluding hydrogens is 264 g/mol. The second-order valence-corrected chi connectivity index (χ2v) is 5.93. The third kappa shape index (κ3) is 6.80. The third-order valence-electron chi connectivity index (χ3n) is 3.39. The lowest BCUT2D eigenvalue weighted by molar-refractivity contribution is 0.284. The second kappa shape index (κ2) is 8.31. The Hall–Kier alpha value is -2.02. The fourth-order valence-corrected chi connectivity index (χ4v) is 1.89. The van der Waals surface area contributed by atoms with Crippen LogP contribution < -0.4 is 4.74 Å². The van der Waals surface area contributed by atoms with Crippen molar-refractivity contribution in [3.05, 3.63) is 29.8 Å². The molecule has 1 N–H and O–H groups in total. The molecular formula is C17H24N2O2. The van der Waals surface area contributed by atoms with Gasteiger partial charge < -0.3 is 9.94 Å². The topological polar surface area (TPSA) is 65.6 Å². The Kier molecular flexibility index (Phi) is 6.74. The smallest absolute Gasteiger partial charge is 0.119 e. The number of hydrogen-bond acceptors (Lipinski definition) is 4. The maximum Gasteiger partial charge on any atom is 0.119 e. The molecule has 0 unspecified atom stereocenters. The number of rotatable bonds is 8. The van der Waals surface area contributed by atoms with Gasteiger partial charge in [-0.2, -0.15) is 5.26 Å². The molecule has 0 saturated heterocycles. The minimum atomic E-state index is -0.278. The lowest BCUT2D eigenvalue weighted by Crippen LogP contribution is -2.10. The molecule has 1 aromatic rings. The van der Waals surface area contributed by atoms with E-state index in [2.05, 4.69) is 11.2 Å². The van der Waals surface area contributed by atoms with Gasteiger partial charge in [0.15, 0.2) is 0 Å². The number of nitriles is 1. The third-order valence-corrected chi connectivity index (χ3v) is 3.39. The highest BCUT2D eigenvalue weighted by atomic mass is 16.5. The summed E-state index contributed by atoms with van der Waals surface area (Å²) in [5.41, 5.74) is 1.64. The first-order chi connectivity index (χ1) is 9.96. The normalized spacial score (nSPS) is 12.0. The highest BCUT2D eigenvalue weighted by Crippen LogP contribution is 2.21. The van der Waals surface area contributed by atoms with E-state index in [1.165, 1.54) is 5.56 Å². The van der Waals surface area contributed by atoms with E-state index < -0.39 is 0 Å². The molecule has 4 heteroatoms. The van der Waals surface area contributed by atoms with Gasteiger partial charge in [0.05, 0.1) is 23.8 Å². The number of hydrogen-bond donors (Lipinski definition) is 1. The molecule has 0 heterocycles. The van der Waals surface area contributed by atoms with E-state index in [1.54, 1.807) is 6.92 Å². The number of aryl methyl sites for hydroxylation is 1. The lowest BCUT2D eigenvalue weighted by Gasteiger charge is -2.14. The van der Waals surface area contributed by atoms with Gasteiger partial charge in [-0.1, -0.05) is 17.3 Å². The Labute approximate surface area is 127 Å². The van der Waals surface area contributed by atoms with Crippen LogP contribution in [0.1, 0.15) is 45.6 Å². The van der Waals surface area contributed by atoms with Crippen molar-refractivity contribution in [1.82, 2.24) is 0 Å². The lowest BCUT2D eigenvalue weighted by atomic mass is 9.90. The maximum absolute atomic E-state index is 8.93. The first kappa shape index (κ1) is 17.0. The summed E-state index contributed by atoms with van der Waals surface area (Å²) in [6, 6.07) is 10.3. The van der Waals surface area contributed by atoms with Crippen molar-refractivity contribution in [3.8, 4) is 11.8 Å². The molecule has 114 valence electrons. The quantitative estimate of drug-likeness (QED) is 0.338. The number of ether oxygens (including phenoxy) is 1. The number of benzene rings is 1. The average molecular weight is 288 g/mol. The van der Waals surface area contributed by atoms with Gasteiger partial charge in [-0.25, -0.2) is 0 Å². The molecule has 0 aromatic heterocycles. The van der Waals surface area contributed by atoms with E-state index in [-0.39, 0.29) is 5.41 Å². The van der Waals surface area contributed by atoms with E-state index in [1.807, 2.05) is 38.1 Å². The van der Waals surface area contributed by atoms with E-state index >= 15 is 0 Å². The molecule has 21 heavy (non-hydrogen) atoms. The predicted octanol–water partition coefficient (Wildman–Crippen LogP) is 4.18. The molecule has 1 aromatic carbocycles. The Bertz CT molecular complexity index is 499. The minimum absolute atomic E-state index is 0.278. The zero-order valence-electron chi connectivity index (χ0n) is 13.1. The molecule has 0 spiro atoms. The molecule has 0 atom stereocenters. The van der Waals surface area contributed by atoms with Crippen molar-refractivity contribution in [2.24, 2.45) is 10.6 Å². The van der Waals surface area contributed by atoms with Gasteiger partial charge in [0.1, 0.15) is 5.75 Å². The monoisotopic (exact) mass is 288 g/mol. The number of oxime groups is 1. The summed E-state index contributed by atoms with van der Waals surface area (Å²) in [7, 11) is 0. The molecule has 0 saturated carbocycles. The summed E-state index contributed by atoms with van der Waals surface area (Å²) >= 11 is 0. The maximum atomic E-state index is 8.93. The first-order valence-electron chi connectivity index (χ1n) is 7.27. The van der Waals surface area contributed by atoms with Gasteiger partial charge in [-0.05, 0) is 64.2 Å². The zero-order valence-corrected chi connectivity index (χ0v) is 13.1. The van der Waals surface area contributed by atoms with E-state index in [9.17, 15) is 0 Å². The highest BCUT2D eigenvalue weighted by molar-refractivity contribution is 5.81. The first-order valence-corrected chi connectivity index (χ1v) is 7.27. The van der Waals surface area contributed by atoms with Crippen molar-refractivity contribution in [3.63, 3.8) is 0 Å². The van der Waals surface area contributed by atoms with Crippen molar-refractivity contribution < 1.29 is 9.94 Å². The fraction of sp³-hybridized carbons (Fsp3) is 0.529. The summed E-state index contributed by atoms with van der Waals surface area (Å²) in [6.07, 6.45) is 3.31. The Balaban J connectivity index is 2.33. The Morgan fingerprint density at radius 1 is 1.33 bits per heavy atom. The second-order valence-electron chi connectivity index (χ2n) is 5.93. The summed E-state index contributed by atoms with van der Waals surface area (Å²) in [5, 5.41) is 20.7. The van der Waals surface area contributed by atoms with Crippen molar-refractivity contribution in [2.45, 2.75) is 46.5 Å². The van der Waals surface area contributed by atoms with Gasteiger partial charge in [-0.15, -0.1) is 0 Å². The molecule has 4 nitrogen and oxygen atoms in total.